The average molecular weight is 206 g/mol. The van der Waals surface area contributed by atoms with Crippen LogP contribution in [0.2, 0.25) is 13.1 Å². The van der Waals surface area contributed by atoms with E-state index in [1.54, 1.807) is 0 Å². The molecule has 1 N–H and O–H groups in total. The lowest BCUT2D eigenvalue weighted by atomic mass is 10.4. The highest BCUT2D eigenvalue weighted by atomic mass is 28.3. The molecule has 0 aliphatic carbocycles. The fraction of sp³-hybridized carbons (Fsp3) is 0.333. The largest absolute Gasteiger partial charge is 0.392 e. The molecule has 0 radical (unpaired) electrons. The van der Waals surface area contributed by atoms with E-state index in [0.717, 1.165) is 0 Å². The molecule has 1 aromatic rings. The van der Waals surface area contributed by atoms with Gasteiger partial charge in [-0.1, -0.05) is 59.9 Å². The van der Waals surface area contributed by atoms with Gasteiger partial charge in [0, 0.05) is 0 Å². The molecule has 1 rings (SSSR count). The van der Waals surface area contributed by atoms with Gasteiger partial charge in [-0.25, -0.2) is 0 Å². The first kappa shape index (κ1) is 11.2. The van der Waals surface area contributed by atoms with Gasteiger partial charge in [0.15, 0.2) is 0 Å². The first-order valence-electron chi connectivity index (χ1n) is 4.92. The van der Waals surface area contributed by atoms with Gasteiger partial charge in [-0.2, -0.15) is 0 Å². The minimum absolute atomic E-state index is 0.148. The van der Waals surface area contributed by atoms with Crippen molar-refractivity contribution >= 4 is 13.3 Å². The lowest BCUT2D eigenvalue weighted by Gasteiger charge is -2.24. The van der Waals surface area contributed by atoms with E-state index in [-0.39, 0.29) is 6.61 Å². The molecule has 0 fully saturated rings. The van der Waals surface area contributed by atoms with E-state index in [0.29, 0.717) is 0 Å². The van der Waals surface area contributed by atoms with Crippen LogP contribution in [0.3, 0.4) is 0 Å². The van der Waals surface area contributed by atoms with E-state index in [1.165, 1.54) is 10.4 Å². The zero-order chi connectivity index (χ0) is 10.6. The summed E-state index contributed by atoms with van der Waals surface area (Å²) in [5, 5.41) is 11.7. The van der Waals surface area contributed by atoms with Gasteiger partial charge in [-0.3, -0.25) is 0 Å². The van der Waals surface area contributed by atoms with Crippen LogP contribution in [-0.4, -0.2) is 19.8 Å². The summed E-state index contributed by atoms with van der Waals surface area (Å²) in [5.74, 6) is 0. The van der Waals surface area contributed by atoms with E-state index in [9.17, 15) is 0 Å². The summed E-state index contributed by atoms with van der Waals surface area (Å²) in [5.41, 5.74) is 0. The zero-order valence-electron chi connectivity index (χ0n) is 9.12. The topological polar surface area (TPSA) is 20.2 Å². The third kappa shape index (κ3) is 2.34. The van der Waals surface area contributed by atoms with Gasteiger partial charge in [-0.05, 0) is 6.92 Å². The van der Waals surface area contributed by atoms with Gasteiger partial charge >= 0.3 is 0 Å². The number of aliphatic hydroxyl groups is 1. The van der Waals surface area contributed by atoms with Crippen molar-refractivity contribution in [1.82, 2.24) is 0 Å². The van der Waals surface area contributed by atoms with Gasteiger partial charge in [0.25, 0.3) is 0 Å². The molecule has 0 aromatic heterocycles. The molecule has 0 atom stereocenters. The van der Waals surface area contributed by atoms with Crippen molar-refractivity contribution in [3.63, 3.8) is 0 Å². The van der Waals surface area contributed by atoms with Crippen LogP contribution in [0.25, 0.3) is 0 Å². The molecule has 0 spiro atoms. The third-order valence-corrected chi connectivity index (χ3v) is 6.83. The highest BCUT2D eigenvalue weighted by molar-refractivity contribution is 6.95. The minimum Gasteiger partial charge on any atom is -0.392 e. The van der Waals surface area contributed by atoms with E-state index in [4.69, 9.17) is 5.11 Å². The van der Waals surface area contributed by atoms with Crippen LogP contribution in [0.5, 0.6) is 0 Å². The summed E-state index contributed by atoms with van der Waals surface area (Å²) >= 11 is 0. The quantitative estimate of drug-likeness (QED) is 0.751. The van der Waals surface area contributed by atoms with E-state index in [1.807, 2.05) is 12.1 Å². The lowest BCUT2D eigenvalue weighted by molar-refractivity contribution is 0.342. The Balaban J connectivity index is 3.02. The molecule has 0 aliphatic rings. The number of benzene rings is 1. The summed E-state index contributed by atoms with van der Waals surface area (Å²) < 4.78 is 0. The second-order valence-electron chi connectivity index (χ2n) is 4.06. The van der Waals surface area contributed by atoms with Crippen LogP contribution in [0, 0.1) is 0 Å². The molecule has 0 saturated carbocycles. The summed E-state index contributed by atoms with van der Waals surface area (Å²) in [4.78, 5) is 0. The molecule has 1 aromatic carbocycles. The number of allylic oxidation sites excluding steroid dienone is 1. The molecule has 0 amide bonds. The van der Waals surface area contributed by atoms with Crippen LogP contribution in [0.4, 0.5) is 0 Å². The Bertz CT molecular complexity index is 314. The smallest absolute Gasteiger partial charge is 0.106 e. The Hall–Kier alpha value is -0.863. The Morgan fingerprint density at radius 1 is 1.29 bits per heavy atom. The normalized spacial score (nSPS) is 13.0. The Labute approximate surface area is 87.1 Å². The maximum Gasteiger partial charge on any atom is 0.106 e. The van der Waals surface area contributed by atoms with Crippen molar-refractivity contribution in [1.29, 1.82) is 0 Å². The molecule has 76 valence electrons. The highest BCUT2D eigenvalue weighted by Crippen LogP contribution is 2.13. The third-order valence-electron chi connectivity index (χ3n) is 2.88. The summed E-state index contributed by atoms with van der Waals surface area (Å²) in [6.45, 7) is 6.89. The fourth-order valence-corrected chi connectivity index (χ4v) is 3.56. The Kier molecular flexibility index (Phi) is 3.67. The van der Waals surface area contributed by atoms with Gasteiger partial charge in [0.05, 0.1) is 6.61 Å². The summed E-state index contributed by atoms with van der Waals surface area (Å²) in [6.07, 6.45) is 1.93. The molecular formula is C12H18OSi. The predicted octanol–water partition coefficient (Wildman–Crippen LogP) is 2.08. The molecule has 0 saturated heterocycles. The van der Waals surface area contributed by atoms with Crippen molar-refractivity contribution in [2.45, 2.75) is 20.0 Å². The van der Waals surface area contributed by atoms with Crippen molar-refractivity contribution in [2.24, 2.45) is 0 Å². The van der Waals surface area contributed by atoms with Gasteiger partial charge in [0.1, 0.15) is 8.07 Å². The molecule has 0 aliphatic heterocycles. The van der Waals surface area contributed by atoms with Gasteiger partial charge < -0.3 is 5.11 Å². The van der Waals surface area contributed by atoms with E-state index >= 15 is 0 Å². The average Bonchev–Trinajstić information content (AvgIpc) is 2.19. The van der Waals surface area contributed by atoms with Gasteiger partial charge in [-0.15, -0.1) is 0 Å². The second kappa shape index (κ2) is 4.58. The first-order valence-corrected chi connectivity index (χ1v) is 7.92. The maximum absolute atomic E-state index is 8.89. The van der Waals surface area contributed by atoms with Gasteiger partial charge in [0.2, 0.25) is 0 Å². The molecule has 0 heterocycles. The predicted molar refractivity (Wildman–Crippen MR) is 64.4 cm³/mol. The maximum atomic E-state index is 8.89. The monoisotopic (exact) mass is 206 g/mol. The standard InChI is InChI=1S/C12H18OSi/c1-11(9-10-13)14(2,3)12-7-5-4-6-8-12/h4-9,13H,10H2,1-3H3/b11-9-. The molecule has 0 bridgehead atoms. The SMILES string of the molecule is C/C(=C/CO)[Si](C)(C)c1ccccc1. The number of hydrogen-bond acceptors (Lipinski definition) is 1. The summed E-state index contributed by atoms with van der Waals surface area (Å²) in [6, 6.07) is 10.6. The highest BCUT2D eigenvalue weighted by Gasteiger charge is 2.24. The van der Waals surface area contributed by atoms with Crippen LogP contribution >= 0.6 is 0 Å². The Morgan fingerprint density at radius 3 is 2.36 bits per heavy atom. The molecular weight excluding hydrogens is 188 g/mol. The number of aliphatic hydroxyl groups excluding tert-OH is 1. The number of hydrogen-bond donors (Lipinski definition) is 1. The first-order chi connectivity index (χ1) is 6.59. The zero-order valence-corrected chi connectivity index (χ0v) is 10.1. The number of rotatable bonds is 3. The summed E-state index contributed by atoms with van der Waals surface area (Å²) in [7, 11) is -1.50. The molecule has 14 heavy (non-hydrogen) atoms. The van der Waals surface area contributed by atoms with E-state index < -0.39 is 8.07 Å². The lowest BCUT2D eigenvalue weighted by Crippen LogP contribution is -2.42. The van der Waals surface area contributed by atoms with Crippen molar-refractivity contribution in [2.75, 3.05) is 6.61 Å². The Morgan fingerprint density at radius 2 is 1.86 bits per heavy atom. The second-order valence-corrected chi connectivity index (χ2v) is 8.68. The van der Waals surface area contributed by atoms with E-state index in [2.05, 4.69) is 44.3 Å². The fourth-order valence-electron chi connectivity index (χ4n) is 1.47. The molecule has 0 unspecified atom stereocenters. The van der Waals surface area contributed by atoms with Crippen molar-refractivity contribution in [3.05, 3.63) is 41.6 Å². The van der Waals surface area contributed by atoms with Crippen LogP contribution < -0.4 is 5.19 Å². The van der Waals surface area contributed by atoms with Crippen LogP contribution in [0.15, 0.2) is 41.6 Å². The molecule has 2 heteroatoms. The van der Waals surface area contributed by atoms with Crippen molar-refractivity contribution < 1.29 is 5.11 Å². The molecule has 1 nitrogen and oxygen atoms in total. The minimum atomic E-state index is -1.50. The van der Waals surface area contributed by atoms with Crippen LogP contribution in [-0.2, 0) is 0 Å². The van der Waals surface area contributed by atoms with Crippen LogP contribution in [0.1, 0.15) is 6.92 Å². The van der Waals surface area contributed by atoms with Crippen molar-refractivity contribution in [3.8, 4) is 0 Å².